The number of carbonyl (C=O) groups is 3. The van der Waals surface area contributed by atoms with Crippen molar-refractivity contribution in [3.63, 3.8) is 0 Å². The van der Waals surface area contributed by atoms with E-state index in [1.54, 1.807) is 19.3 Å². The summed E-state index contributed by atoms with van der Waals surface area (Å²) in [5, 5.41) is 5.98. The molecule has 2 amide bonds. The van der Waals surface area contributed by atoms with Gasteiger partial charge in [-0.05, 0) is 31.4 Å². The Balaban J connectivity index is 1.66. The molecule has 2 aliphatic rings. The lowest BCUT2D eigenvalue weighted by Gasteiger charge is -2.39. The second kappa shape index (κ2) is 10.5. The fourth-order valence-electron chi connectivity index (χ4n) is 4.48. The van der Waals surface area contributed by atoms with Crippen LogP contribution in [0.5, 0.6) is 0 Å². The highest BCUT2D eigenvalue weighted by atomic mass is 16.5. The van der Waals surface area contributed by atoms with Gasteiger partial charge in [0.1, 0.15) is 0 Å². The first-order valence-electron chi connectivity index (χ1n) is 10.9. The number of hydrogen-bond donors (Lipinski definition) is 2. The largest absolute Gasteiger partial charge is 0.466 e. The third-order valence-corrected chi connectivity index (χ3v) is 5.93. The zero-order valence-corrected chi connectivity index (χ0v) is 17.7. The minimum absolute atomic E-state index is 0.0661. The van der Waals surface area contributed by atoms with E-state index in [2.05, 4.69) is 15.6 Å². The summed E-state index contributed by atoms with van der Waals surface area (Å²) in [5.41, 5.74) is 0.435. The summed E-state index contributed by atoms with van der Waals surface area (Å²) >= 11 is 0. The standard InChI is InChI=1S/C22H32N4O4/c1-2-30-20(28)14-22(8-4-3-5-9-22)25-19(27)13-18-21(29)24-11-12-26(18)16-17-7-6-10-23-15-17/h6-7,10,15,18H,2-5,8-9,11-14,16H2,1H3,(H,24,29)(H,25,27)/t18-/m1/s1. The first kappa shape index (κ1) is 22.2. The predicted molar refractivity (Wildman–Crippen MR) is 111 cm³/mol. The first-order valence-corrected chi connectivity index (χ1v) is 10.9. The number of carbonyl (C=O) groups excluding carboxylic acids is 3. The molecule has 0 radical (unpaired) electrons. The Morgan fingerprint density at radius 1 is 1.33 bits per heavy atom. The molecule has 2 fully saturated rings. The number of nitrogens with zero attached hydrogens (tertiary/aromatic N) is 2. The van der Waals surface area contributed by atoms with Crippen LogP contribution in [0.25, 0.3) is 0 Å². The number of nitrogens with one attached hydrogen (secondary N) is 2. The van der Waals surface area contributed by atoms with Gasteiger partial charge < -0.3 is 15.4 Å². The molecule has 0 unspecified atom stereocenters. The highest BCUT2D eigenvalue weighted by molar-refractivity contribution is 5.89. The predicted octanol–water partition coefficient (Wildman–Crippen LogP) is 1.54. The molecule has 164 valence electrons. The Hall–Kier alpha value is -2.48. The van der Waals surface area contributed by atoms with Crippen LogP contribution in [0.15, 0.2) is 24.5 Å². The second-order valence-corrected chi connectivity index (χ2v) is 8.21. The average molecular weight is 417 g/mol. The van der Waals surface area contributed by atoms with Gasteiger partial charge in [-0.3, -0.25) is 24.3 Å². The third kappa shape index (κ3) is 6.01. The van der Waals surface area contributed by atoms with Gasteiger partial charge >= 0.3 is 5.97 Å². The summed E-state index contributed by atoms with van der Waals surface area (Å²) in [7, 11) is 0. The van der Waals surface area contributed by atoms with Crippen molar-refractivity contribution in [2.45, 2.75) is 70.0 Å². The number of aromatic nitrogens is 1. The van der Waals surface area contributed by atoms with E-state index in [0.29, 0.717) is 26.2 Å². The quantitative estimate of drug-likeness (QED) is 0.624. The van der Waals surface area contributed by atoms with Gasteiger partial charge in [-0.1, -0.05) is 25.3 Å². The van der Waals surface area contributed by atoms with Gasteiger partial charge in [0, 0.05) is 32.0 Å². The number of hydrogen-bond acceptors (Lipinski definition) is 6. The maximum absolute atomic E-state index is 13.0. The number of ether oxygens (including phenoxy) is 1. The van der Waals surface area contributed by atoms with Crippen molar-refractivity contribution < 1.29 is 19.1 Å². The molecule has 8 nitrogen and oxygen atoms in total. The third-order valence-electron chi connectivity index (χ3n) is 5.93. The highest BCUT2D eigenvalue weighted by Gasteiger charge is 2.38. The Labute approximate surface area is 177 Å². The molecule has 1 aromatic heterocycles. The van der Waals surface area contributed by atoms with E-state index < -0.39 is 11.6 Å². The summed E-state index contributed by atoms with van der Waals surface area (Å²) < 4.78 is 5.13. The molecule has 1 saturated carbocycles. The monoisotopic (exact) mass is 416 g/mol. The van der Waals surface area contributed by atoms with E-state index in [4.69, 9.17) is 4.74 Å². The summed E-state index contributed by atoms with van der Waals surface area (Å²) in [6, 6.07) is 3.29. The summed E-state index contributed by atoms with van der Waals surface area (Å²) in [6.45, 7) is 3.90. The molecule has 1 aliphatic heterocycles. The lowest BCUT2D eigenvalue weighted by molar-refractivity contribution is -0.146. The number of piperazine rings is 1. The average Bonchev–Trinajstić information content (AvgIpc) is 2.72. The van der Waals surface area contributed by atoms with Crippen LogP contribution in [-0.2, 0) is 25.7 Å². The van der Waals surface area contributed by atoms with Crippen molar-refractivity contribution in [2.24, 2.45) is 0 Å². The molecule has 2 heterocycles. The normalized spacial score (nSPS) is 21.5. The van der Waals surface area contributed by atoms with Crippen LogP contribution in [0.3, 0.4) is 0 Å². The van der Waals surface area contributed by atoms with Crippen LogP contribution >= 0.6 is 0 Å². The molecule has 1 aliphatic carbocycles. The molecular weight excluding hydrogens is 384 g/mol. The Morgan fingerprint density at radius 2 is 2.13 bits per heavy atom. The van der Waals surface area contributed by atoms with Crippen molar-refractivity contribution in [3.8, 4) is 0 Å². The van der Waals surface area contributed by atoms with Crippen LogP contribution in [0, 0.1) is 0 Å². The molecule has 3 rings (SSSR count). The van der Waals surface area contributed by atoms with E-state index in [-0.39, 0.29) is 30.6 Å². The van der Waals surface area contributed by atoms with E-state index in [9.17, 15) is 14.4 Å². The fourth-order valence-corrected chi connectivity index (χ4v) is 4.48. The number of pyridine rings is 1. The van der Waals surface area contributed by atoms with Gasteiger partial charge in [0.25, 0.3) is 0 Å². The maximum Gasteiger partial charge on any atom is 0.308 e. The smallest absolute Gasteiger partial charge is 0.308 e. The van der Waals surface area contributed by atoms with Gasteiger partial charge in [-0.25, -0.2) is 0 Å². The van der Waals surface area contributed by atoms with E-state index in [1.807, 2.05) is 17.0 Å². The first-order chi connectivity index (χ1) is 14.5. The lowest BCUT2D eigenvalue weighted by Crippen LogP contribution is -2.58. The number of rotatable bonds is 8. The van der Waals surface area contributed by atoms with Crippen molar-refractivity contribution in [1.29, 1.82) is 0 Å². The molecule has 0 aromatic carbocycles. The SMILES string of the molecule is CCOC(=O)CC1(NC(=O)C[C@@H]2C(=O)NCCN2Cc2cccnc2)CCCCC1. The molecule has 8 heteroatoms. The minimum atomic E-state index is -0.569. The highest BCUT2D eigenvalue weighted by Crippen LogP contribution is 2.32. The Morgan fingerprint density at radius 3 is 2.83 bits per heavy atom. The topological polar surface area (TPSA) is 101 Å². The lowest BCUT2D eigenvalue weighted by atomic mass is 9.79. The van der Waals surface area contributed by atoms with Crippen molar-refractivity contribution in [3.05, 3.63) is 30.1 Å². The molecule has 1 saturated heterocycles. The van der Waals surface area contributed by atoms with Gasteiger partial charge in [-0.15, -0.1) is 0 Å². The van der Waals surface area contributed by atoms with E-state index >= 15 is 0 Å². The number of esters is 1. The van der Waals surface area contributed by atoms with Crippen molar-refractivity contribution in [2.75, 3.05) is 19.7 Å². The molecule has 1 atom stereocenters. The molecule has 1 aromatic rings. The van der Waals surface area contributed by atoms with Gasteiger partial charge in [0.15, 0.2) is 0 Å². The summed E-state index contributed by atoms with van der Waals surface area (Å²) in [5.74, 6) is -0.615. The van der Waals surface area contributed by atoms with Crippen LogP contribution in [0.1, 0.15) is 57.4 Å². The molecule has 0 spiro atoms. The van der Waals surface area contributed by atoms with Gasteiger partial charge in [-0.2, -0.15) is 0 Å². The zero-order chi connectivity index (χ0) is 21.4. The molecule has 30 heavy (non-hydrogen) atoms. The van der Waals surface area contributed by atoms with E-state index in [0.717, 1.165) is 37.7 Å². The minimum Gasteiger partial charge on any atom is -0.466 e. The van der Waals surface area contributed by atoms with Gasteiger partial charge in [0.05, 0.1) is 31.0 Å². The van der Waals surface area contributed by atoms with Gasteiger partial charge in [0.2, 0.25) is 11.8 Å². The van der Waals surface area contributed by atoms with Crippen LogP contribution in [0.2, 0.25) is 0 Å². The van der Waals surface area contributed by atoms with Crippen LogP contribution in [-0.4, -0.2) is 58.9 Å². The maximum atomic E-state index is 13.0. The van der Waals surface area contributed by atoms with Crippen LogP contribution in [0.4, 0.5) is 0 Å². The van der Waals surface area contributed by atoms with Crippen molar-refractivity contribution in [1.82, 2.24) is 20.5 Å². The second-order valence-electron chi connectivity index (χ2n) is 8.21. The zero-order valence-electron chi connectivity index (χ0n) is 17.7. The van der Waals surface area contributed by atoms with E-state index in [1.165, 1.54) is 0 Å². The fraction of sp³-hybridized carbons (Fsp3) is 0.636. The molecule has 2 N–H and O–H groups in total. The summed E-state index contributed by atoms with van der Waals surface area (Å²) in [6.07, 6.45) is 8.30. The summed E-state index contributed by atoms with van der Waals surface area (Å²) in [4.78, 5) is 43.8. The van der Waals surface area contributed by atoms with Crippen molar-refractivity contribution >= 4 is 17.8 Å². The number of amides is 2. The molecule has 0 bridgehead atoms. The Bertz CT molecular complexity index is 734. The molecular formula is C22H32N4O4. The van der Waals surface area contributed by atoms with Crippen LogP contribution < -0.4 is 10.6 Å². The Kier molecular flexibility index (Phi) is 7.79.